The smallest absolute Gasteiger partial charge is 0.224 e. The van der Waals surface area contributed by atoms with Crippen molar-refractivity contribution in [3.63, 3.8) is 0 Å². The molecule has 0 saturated carbocycles. The molecule has 0 bridgehead atoms. The van der Waals surface area contributed by atoms with Gasteiger partial charge in [-0.3, -0.25) is 4.79 Å². The number of sulfonamides is 1. The molecule has 0 aromatic rings. The highest BCUT2D eigenvalue weighted by atomic mass is 32.2. The number of carbonyl (C=O) groups is 1. The minimum atomic E-state index is -3.26. The van der Waals surface area contributed by atoms with Gasteiger partial charge in [-0.05, 0) is 40.5 Å². The van der Waals surface area contributed by atoms with Gasteiger partial charge in [0.2, 0.25) is 15.9 Å². The lowest BCUT2D eigenvalue weighted by atomic mass is 9.85. The maximum absolute atomic E-state index is 12.3. The van der Waals surface area contributed by atoms with Crippen LogP contribution in [0.1, 0.15) is 40.5 Å². The molecule has 1 aliphatic heterocycles. The maximum Gasteiger partial charge on any atom is 0.224 e. The molecule has 1 rings (SSSR count). The molecule has 0 radical (unpaired) electrons. The van der Waals surface area contributed by atoms with Crippen molar-refractivity contribution in [3.05, 3.63) is 0 Å². The molecule has 0 aliphatic carbocycles. The summed E-state index contributed by atoms with van der Waals surface area (Å²) in [5.74, 6) is -0.564. The maximum atomic E-state index is 12.3. The molecule has 7 heteroatoms. The van der Waals surface area contributed by atoms with E-state index < -0.39 is 21.2 Å². The van der Waals surface area contributed by atoms with E-state index in [0.717, 1.165) is 6.26 Å². The number of hydrogen-bond acceptors (Lipinski definition) is 4. The van der Waals surface area contributed by atoms with Gasteiger partial charge in [0.1, 0.15) is 0 Å². The zero-order valence-electron chi connectivity index (χ0n) is 12.9. The first-order chi connectivity index (χ1) is 8.84. The number of nitrogens with one attached hydrogen (secondary N) is 1. The number of hydrogen-bond donors (Lipinski definition) is 2. The Hall–Kier alpha value is -0.660. The molecule has 1 saturated heterocycles. The summed E-state index contributed by atoms with van der Waals surface area (Å²) in [5, 5.41) is 12.9. The summed E-state index contributed by atoms with van der Waals surface area (Å²) >= 11 is 0. The summed E-state index contributed by atoms with van der Waals surface area (Å²) in [6.07, 6.45) is 2.50. The molecule has 1 unspecified atom stereocenters. The van der Waals surface area contributed by atoms with Crippen LogP contribution >= 0.6 is 0 Å². The van der Waals surface area contributed by atoms with Crippen LogP contribution in [0.2, 0.25) is 0 Å². The van der Waals surface area contributed by atoms with Crippen molar-refractivity contribution in [3.8, 4) is 0 Å². The minimum Gasteiger partial charge on any atom is -0.388 e. The molecule has 1 atom stereocenters. The van der Waals surface area contributed by atoms with Crippen molar-refractivity contribution in [2.75, 3.05) is 19.3 Å². The second-order valence-corrected chi connectivity index (χ2v) is 8.62. The fourth-order valence-electron chi connectivity index (χ4n) is 2.02. The molecule has 6 nitrogen and oxygen atoms in total. The SMILES string of the molecule is CC(C)(O)C(C)(C)NC(=O)C1CCCN(S(C)(=O)=O)C1. The second-order valence-electron chi connectivity index (χ2n) is 6.63. The number of piperidine rings is 1. The molecule has 1 heterocycles. The van der Waals surface area contributed by atoms with Crippen LogP contribution in [-0.4, -0.2) is 54.2 Å². The molecule has 0 spiro atoms. The summed E-state index contributed by atoms with van der Waals surface area (Å²) in [6, 6.07) is 0. The van der Waals surface area contributed by atoms with Gasteiger partial charge in [-0.15, -0.1) is 0 Å². The van der Waals surface area contributed by atoms with Crippen LogP contribution < -0.4 is 5.32 Å². The summed E-state index contributed by atoms with van der Waals surface area (Å²) in [7, 11) is -3.26. The molecule has 0 aromatic carbocycles. The van der Waals surface area contributed by atoms with Crippen LogP contribution in [0.15, 0.2) is 0 Å². The summed E-state index contributed by atoms with van der Waals surface area (Å²) < 4.78 is 24.5. The Bertz CT molecular complexity index is 465. The van der Waals surface area contributed by atoms with Crippen LogP contribution in [0.4, 0.5) is 0 Å². The van der Waals surface area contributed by atoms with Crippen molar-refractivity contribution >= 4 is 15.9 Å². The Morgan fingerprint density at radius 2 is 1.85 bits per heavy atom. The molecule has 118 valence electrons. The molecule has 1 aliphatic rings. The quantitative estimate of drug-likeness (QED) is 0.783. The van der Waals surface area contributed by atoms with E-state index in [2.05, 4.69) is 5.32 Å². The van der Waals surface area contributed by atoms with E-state index in [4.69, 9.17) is 0 Å². The number of amides is 1. The first-order valence-electron chi connectivity index (χ1n) is 6.84. The predicted molar refractivity (Wildman–Crippen MR) is 77.7 cm³/mol. The zero-order chi connectivity index (χ0) is 15.8. The van der Waals surface area contributed by atoms with Crippen molar-refractivity contribution in [2.24, 2.45) is 5.92 Å². The Morgan fingerprint density at radius 1 is 1.30 bits per heavy atom. The van der Waals surface area contributed by atoms with E-state index in [1.54, 1.807) is 27.7 Å². The summed E-state index contributed by atoms with van der Waals surface area (Å²) in [6.45, 7) is 7.46. The van der Waals surface area contributed by atoms with Gasteiger partial charge in [0, 0.05) is 13.1 Å². The first kappa shape index (κ1) is 17.4. The van der Waals surface area contributed by atoms with E-state index in [0.29, 0.717) is 19.4 Å². The minimum absolute atomic E-state index is 0.203. The Balaban J connectivity index is 2.74. The van der Waals surface area contributed by atoms with Crippen LogP contribution in [0.5, 0.6) is 0 Å². The average molecular weight is 306 g/mol. The second kappa shape index (κ2) is 5.61. The summed E-state index contributed by atoms with van der Waals surface area (Å²) in [5.41, 5.74) is -1.84. The fraction of sp³-hybridized carbons (Fsp3) is 0.923. The highest BCUT2D eigenvalue weighted by Crippen LogP contribution is 2.24. The molecule has 20 heavy (non-hydrogen) atoms. The predicted octanol–water partition coefficient (Wildman–Crippen LogP) is 0.324. The lowest BCUT2D eigenvalue weighted by molar-refractivity contribution is -0.131. The molecule has 1 amide bonds. The highest BCUT2D eigenvalue weighted by Gasteiger charge is 2.39. The zero-order valence-corrected chi connectivity index (χ0v) is 13.7. The van der Waals surface area contributed by atoms with Crippen molar-refractivity contribution in [2.45, 2.75) is 51.7 Å². The third kappa shape index (κ3) is 4.17. The third-order valence-electron chi connectivity index (χ3n) is 4.19. The van der Waals surface area contributed by atoms with E-state index in [1.165, 1.54) is 4.31 Å². The van der Waals surface area contributed by atoms with Gasteiger partial charge in [0.15, 0.2) is 0 Å². The van der Waals surface area contributed by atoms with E-state index in [1.807, 2.05) is 0 Å². The van der Waals surface area contributed by atoms with Gasteiger partial charge in [0.05, 0.1) is 23.3 Å². The van der Waals surface area contributed by atoms with E-state index >= 15 is 0 Å². The molecular formula is C13H26N2O4S. The summed E-state index contributed by atoms with van der Waals surface area (Å²) in [4.78, 5) is 12.3. The average Bonchev–Trinajstić information content (AvgIpc) is 2.26. The number of carbonyl (C=O) groups excluding carboxylic acids is 1. The topological polar surface area (TPSA) is 86.7 Å². The molecule has 0 aromatic heterocycles. The van der Waals surface area contributed by atoms with E-state index in [-0.39, 0.29) is 18.4 Å². The van der Waals surface area contributed by atoms with Crippen LogP contribution in [0.3, 0.4) is 0 Å². The first-order valence-corrected chi connectivity index (χ1v) is 8.69. The standard InChI is InChI=1S/C13H26N2O4S/c1-12(2,13(3,4)17)14-11(16)10-7-6-8-15(9-10)20(5,18)19/h10,17H,6-9H2,1-5H3,(H,14,16). The third-order valence-corrected chi connectivity index (χ3v) is 5.46. The normalized spacial score (nSPS) is 22.6. The van der Waals surface area contributed by atoms with Gasteiger partial charge in [-0.1, -0.05) is 0 Å². The molecular weight excluding hydrogens is 280 g/mol. The van der Waals surface area contributed by atoms with Crippen LogP contribution in [-0.2, 0) is 14.8 Å². The number of aliphatic hydroxyl groups is 1. The van der Waals surface area contributed by atoms with Crippen LogP contribution in [0.25, 0.3) is 0 Å². The van der Waals surface area contributed by atoms with Crippen LogP contribution in [0, 0.1) is 5.92 Å². The lowest BCUT2D eigenvalue weighted by Gasteiger charge is -2.40. The van der Waals surface area contributed by atoms with Crippen molar-refractivity contribution < 1.29 is 18.3 Å². The molecule has 1 fully saturated rings. The number of nitrogens with zero attached hydrogens (tertiary/aromatic N) is 1. The fourth-order valence-corrected chi connectivity index (χ4v) is 2.93. The van der Waals surface area contributed by atoms with Gasteiger partial charge in [-0.2, -0.15) is 0 Å². The lowest BCUT2D eigenvalue weighted by Crippen LogP contribution is -2.60. The van der Waals surface area contributed by atoms with Gasteiger partial charge in [-0.25, -0.2) is 12.7 Å². The highest BCUT2D eigenvalue weighted by molar-refractivity contribution is 7.88. The van der Waals surface area contributed by atoms with Crippen molar-refractivity contribution in [1.29, 1.82) is 0 Å². The Morgan fingerprint density at radius 3 is 2.30 bits per heavy atom. The molecule has 2 N–H and O–H groups in total. The van der Waals surface area contributed by atoms with Gasteiger partial charge in [0.25, 0.3) is 0 Å². The van der Waals surface area contributed by atoms with Crippen molar-refractivity contribution in [1.82, 2.24) is 9.62 Å². The Labute approximate surface area is 121 Å². The number of rotatable bonds is 4. The van der Waals surface area contributed by atoms with E-state index in [9.17, 15) is 18.3 Å². The van der Waals surface area contributed by atoms with Gasteiger partial charge >= 0.3 is 0 Å². The Kier molecular flexibility index (Phi) is 4.88. The van der Waals surface area contributed by atoms with Gasteiger partial charge < -0.3 is 10.4 Å². The monoisotopic (exact) mass is 306 g/mol. The largest absolute Gasteiger partial charge is 0.388 e.